The number of carbonyl (C=O) groups excluding carboxylic acids is 1. The molecule has 0 saturated heterocycles. The Bertz CT molecular complexity index is 580. The van der Waals surface area contributed by atoms with Gasteiger partial charge in [0.15, 0.2) is 5.92 Å². The molecule has 2 aromatic rings. The molecule has 1 N–H and O–H groups in total. The number of hydrogen-bond acceptors (Lipinski definition) is 2. The number of rotatable bonds is 3. The van der Waals surface area contributed by atoms with E-state index in [0.29, 0.717) is 0 Å². The summed E-state index contributed by atoms with van der Waals surface area (Å²) in [5.41, 5.74) is 1.78. The van der Waals surface area contributed by atoms with Gasteiger partial charge in [0.05, 0.1) is 7.11 Å². The molecule has 1 heterocycles. The third-order valence-electron chi connectivity index (χ3n) is 2.76. The summed E-state index contributed by atoms with van der Waals surface area (Å²) in [7, 11) is 1.34. The highest BCUT2D eigenvalue weighted by atomic mass is 16.5. The first kappa shape index (κ1) is 11.2. The van der Waals surface area contributed by atoms with Crippen molar-refractivity contribution in [3.05, 3.63) is 47.4 Å². The molecule has 1 aromatic carbocycles. The molecule has 1 aromatic heterocycles. The standard InChI is InChI=1S/C13H12N2O2/c1-14-7-11(13(16)17-2)10-8-15-12-6-4-3-5-9(10)12/h3-6,8,11,15H,7H2,2H3. The second-order valence-electron chi connectivity index (χ2n) is 3.71. The molecule has 0 radical (unpaired) electrons. The van der Waals surface area contributed by atoms with Crippen LogP contribution in [0.2, 0.25) is 0 Å². The number of aromatic nitrogens is 1. The molecule has 0 aliphatic rings. The molecule has 1 unspecified atom stereocenters. The Hall–Kier alpha value is -2.28. The summed E-state index contributed by atoms with van der Waals surface area (Å²) >= 11 is 0. The molecule has 4 nitrogen and oxygen atoms in total. The Morgan fingerprint density at radius 3 is 3.00 bits per heavy atom. The van der Waals surface area contributed by atoms with Crippen LogP contribution in [0.5, 0.6) is 0 Å². The van der Waals surface area contributed by atoms with E-state index in [9.17, 15) is 4.79 Å². The molecule has 0 saturated carbocycles. The van der Waals surface area contributed by atoms with Gasteiger partial charge in [0.25, 0.3) is 0 Å². The van der Waals surface area contributed by atoms with Crippen LogP contribution in [0.15, 0.2) is 30.5 Å². The maximum absolute atomic E-state index is 11.7. The number of methoxy groups -OCH3 is 1. The predicted molar refractivity (Wildman–Crippen MR) is 64.5 cm³/mol. The number of H-pyrrole nitrogens is 1. The van der Waals surface area contributed by atoms with Gasteiger partial charge in [-0.1, -0.05) is 18.2 Å². The third-order valence-corrected chi connectivity index (χ3v) is 2.76. The molecule has 0 amide bonds. The van der Waals surface area contributed by atoms with Crippen LogP contribution in [0, 0.1) is 6.57 Å². The molecule has 4 heteroatoms. The Morgan fingerprint density at radius 1 is 1.53 bits per heavy atom. The number of ether oxygens (including phenoxy) is 1. The molecular weight excluding hydrogens is 216 g/mol. The van der Waals surface area contributed by atoms with Gasteiger partial charge < -0.3 is 14.6 Å². The molecule has 0 bridgehead atoms. The van der Waals surface area contributed by atoms with Gasteiger partial charge in [-0.2, -0.15) is 0 Å². The highest BCUT2D eigenvalue weighted by Crippen LogP contribution is 2.26. The van der Waals surface area contributed by atoms with E-state index in [2.05, 4.69) is 9.83 Å². The Labute approximate surface area is 99.0 Å². The zero-order valence-electron chi connectivity index (χ0n) is 9.43. The van der Waals surface area contributed by atoms with E-state index < -0.39 is 5.92 Å². The van der Waals surface area contributed by atoms with Gasteiger partial charge in [0.2, 0.25) is 6.54 Å². The van der Waals surface area contributed by atoms with Gasteiger partial charge in [-0.25, -0.2) is 6.57 Å². The summed E-state index contributed by atoms with van der Waals surface area (Å²) in [6.07, 6.45) is 1.78. The number of para-hydroxylation sites is 1. The quantitative estimate of drug-likeness (QED) is 0.647. The summed E-state index contributed by atoms with van der Waals surface area (Å²) < 4.78 is 4.74. The molecule has 1 atom stereocenters. The number of benzene rings is 1. The van der Waals surface area contributed by atoms with Crippen LogP contribution in [0.4, 0.5) is 0 Å². The summed E-state index contributed by atoms with van der Waals surface area (Å²) in [5.74, 6) is -0.889. The molecule has 0 spiro atoms. The first-order valence-corrected chi connectivity index (χ1v) is 5.25. The minimum Gasteiger partial charge on any atom is -0.468 e. The molecule has 0 aliphatic carbocycles. The largest absolute Gasteiger partial charge is 0.468 e. The second-order valence-corrected chi connectivity index (χ2v) is 3.71. The van der Waals surface area contributed by atoms with Gasteiger partial charge >= 0.3 is 5.97 Å². The van der Waals surface area contributed by atoms with Crippen molar-refractivity contribution in [2.45, 2.75) is 5.92 Å². The first-order valence-electron chi connectivity index (χ1n) is 5.25. The summed E-state index contributed by atoms with van der Waals surface area (Å²) in [6, 6.07) is 7.70. The van der Waals surface area contributed by atoms with E-state index in [1.807, 2.05) is 24.3 Å². The zero-order valence-corrected chi connectivity index (χ0v) is 9.43. The fourth-order valence-corrected chi connectivity index (χ4v) is 1.92. The van der Waals surface area contributed by atoms with Crippen LogP contribution in [-0.4, -0.2) is 24.6 Å². The van der Waals surface area contributed by atoms with Gasteiger partial charge in [0.1, 0.15) is 0 Å². The Balaban J connectivity index is 2.49. The zero-order chi connectivity index (χ0) is 12.3. The van der Waals surface area contributed by atoms with Gasteiger partial charge in [0, 0.05) is 17.1 Å². The third kappa shape index (κ3) is 2.00. The smallest absolute Gasteiger partial charge is 0.320 e. The number of nitrogens with one attached hydrogen (secondary N) is 1. The highest BCUT2D eigenvalue weighted by Gasteiger charge is 2.27. The van der Waals surface area contributed by atoms with Crippen molar-refractivity contribution in [1.82, 2.24) is 4.98 Å². The minimum absolute atomic E-state index is 0.106. The predicted octanol–water partition coefficient (Wildman–Crippen LogP) is 2.34. The maximum Gasteiger partial charge on any atom is 0.320 e. The van der Waals surface area contributed by atoms with Crippen LogP contribution < -0.4 is 0 Å². The van der Waals surface area contributed by atoms with E-state index in [1.54, 1.807) is 6.20 Å². The monoisotopic (exact) mass is 228 g/mol. The van der Waals surface area contributed by atoms with E-state index in [-0.39, 0.29) is 12.5 Å². The highest BCUT2D eigenvalue weighted by molar-refractivity contribution is 5.90. The SMILES string of the molecule is [C-]#[N+]CC(C(=O)OC)c1c[nH]c2ccccc12. The van der Waals surface area contributed by atoms with Crippen molar-refractivity contribution in [2.75, 3.05) is 13.7 Å². The molecule has 86 valence electrons. The maximum atomic E-state index is 11.7. The number of hydrogen-bond donors (Lipinski definition) is 1. The van der Waals surface area contributed by atoms with Crippen LogP contribution in [-0.2, 0) is 9.53 Å². The van der Waals surface area contributed by atoms with E-state index in [1.165, 1.54) is 7.11 Å². The molecule has 2 rings (SSSR count). The van der Waals surface area contributed by atoms with Crippen LogP contribution in [0.25, 0.3) is 15.7 Å². The lowest BCUT2D eigenvalue weighted by Crippen LogP contribution is -2.16. The lowest BCUT2D eigenvalue weighted by molar-refractivity contribution is -0.142. The summed E-state index contributed by atoms with van der Waals surface area (Å²) in [6.45, 7) is 7.02. The number of aromatic amines is 1. The lowest BCUT2D eigenvalue weighted by Gasteiger charge is -2.07. The number of esters is 1. The average Bonchev–Trinajstić information content (AvgIpc) is 2.79. The van der Waals surface area contributed by atoms with Crippen LogP contribution in [0.3, 0.4) is 0 Å². The number of fused-ring (bicyclic) bond motifs is 1. The van der Waals surface area contributed by atoms with Gasteiger partial charge in [-0.05, 0) is 11.6 Å². The van der Waals surface area contributed by atoms with Crippen LogP contribution >= 0.6 is 0 Å². The van der Waals surface area contributed by atoms with Crippen molar-refractivity contribution in [1.29, 1.82) is 0 Å². The average molecular weight is 228 g/mol. The Kier molecular flexibility index (Phi) is 3.10. The van der Waals surface area contributed by atoms with Gasteiger partial charge in [-0.3, -0.25) is 4.79 Å². The van der Waals surface area contributed by atoms with Crippen molar-refractivity contribution < 1.29 is 9.53 Å². The summed E-state index contributed by atoms with van der Waals surface area (Å²) in [4.78, 5) is 18.1. The van der Waals surface area contributed by atoms with E-state index in [0.717, 1.165) is 16.5 Å². The normalized spacial score (nSPS) is 12.0. The Morgan fingerprint density at radius 2 is 2.29 bits per heavy atom. The fourth-order valence-electron chi connectivity index (χ4n) is 1.92. The number of carbonyl (C=O) groups is 1. The van der Waals surface area contributed by atoms with Crippen molar-refractivity contribution in [3.63, 3.8) is 0 Å². The minimum atomic E-state index is -0.520. The lowest BCUT2D eigenvalue weighted by atomic mass is 9.99. The van der Waals surface area contributed by atoms with Crippen molar-refractivity contribution >= 4 is 16.9 Å². The number of nitrogens with zero attached hydrogens (tertiary/aromatic N) is 1. The molecule has 17 heavy (non-hydrogen) atoms. The topological polar surface area (TPSA) is 46.5 Å². The molecular formula is C13H12N2O2. The van der Waals surface area contributed by atoms with Crippen molar-refractivity contribution in [3.8, 4) is 0 Å². The van der Waals surface area contributed by atoms with E-state index >= 15 is 0 Å². The van der Waals surface area contributed by atoms with Crippen molar-refractivity contribution in [2.24, 2.45) is 0 Å². The van der Waals surface area contributed by atoms with Crippen LogP contribution in [0.1, 0.15) is 11.5 Å². The molecule has 0 aliphatic heterocycles. The fraction of sp³-hybridized carbons (Fsp3) is 0.231. The first-order chi connectivity index (χ1) is 8.27. The summed E-state index contributed by atoms with van der Waals surface area (Å²) in [5, 5.41) is 0.964. The van der Waals surface area contributed by atoms with E-state index in [4.69, 9.17) is 11.3 Å². The second kappa shape index (κ2) is 4.71. The van der Waals surface area contributed by atoms with Gasteiger partial charge in [-0.15, -0.1) is 0 Å². The molecule has 0 fully saturated rings.